The highest BCUT2D eigenvalue weighted by molar-refractivity contribution is 6.31. The lowest BCUT2D eigenvalue weighted by molar-refractivity contribution is -0.307. The Hall–Kier alpha value is -1.22. The average molecular weight is 200 g/mol. The van der Waals surface area contributed by atoms with Crippen LogP contribution < -0.4 is 9.84 Å². The molecule has 1 aromatic carbocycles. The van der Waals surface area contributed by atoms with Gasteiger partial charge in [-0.2, -0.15) is 0 Å². The van der Waals surface area contributed by atoms with Crippen molar-refractivity contribution >= 4 is 17.6 Å². The van der Waals surface area contributed by atoms with E-state index < -0.39 is 12.6 Å². The van der Waals surface area contributed by atoms with E-state index in [1.165, 1.54) is 0 Å². The van der Waals surface area contributed by atoms with Gasteiger partial charge < -0.3 is 14.6 Å². The summed E-state index contributed by atoms with van der Waals surface area (Å²) in [5, 5.41) is 10.7. The third kappa shape index (κ3) is 2.95. The van der Waals surface area contributed by atoms with Crippen molar-refractivity contribution in [3.8, 4) is 5.75 Å². The predicted octanol–water partition coefficient (Wildman–Crippen LogP) is 0.777. The summed E-state index contributed by atoms with van der Waals surface area (Å²) in [6.45, 7) is 1.37. The summed E-state index contributed by atoms with van der Waals surface area (Å²) in [5.41, 5.74) is 0.845. The lowest BCUT2D eigenvalue weighted by Gasteiger charge is -2.07. The van der Waals surface area contributed by atoms with Gasteiger partial charge in [0, 0.05) is 5.02 Å². The number of hydrogen-bond donors (Lipinski definition) is 0. The molecule has 0 heterocycles. The summed E-state index contributed by atoms with van der Waals surface area (Å²) in [5.74, 6) is -0.765. The molecule has 0 bridgehead atoms. The zero-order valence-electron chi connectivity index (χ0n) is 7.04. The number of carboxylic acid groups (broad SMARTS) is 1. The number of aryl methyl sites for hydroxylation is 1. The molecule has 0 atom stereocenters. The van der Waals surface area contributed by atoms with E-state index in [0.717, 1.165) is 5.56 Å². The van der Waals surface area contributed by atoms with E-state index in [1.807, 2.05) is 6.92 Å². The van der Waals surface area contributed by atoms with Gasteiger partial charge in [-0.3, -0.25) is 0 Å². The molecule has 1 rings (SSSR count). The fourth-order valence-electron chi connectivity index (χ4n) is 0.849. The molecule has 0 amide bonds. The summed E-state index contributed by atoms with van der Waals surface area (Å²) < 4.78 is 4.88. The molecule has 0 N–H and O–H groups in total. The first-order valence-corrected chi connectivity index (χ1v) is 4.06. The maximum Gasteiger partial charge on any atom is 0.128 e. The molecule has 0 aliphatic rings. The Morgan fingerprint density at radius 2 is 2.31 bits per heavy atom. The van der Waals surface area contributed by atoms with Gasteiger partial charge >= 0.3 is 0 Å². The minimum absolute atomic E-state index is 0.443. The Morgan fingerprint density at radius 1 is 1.62 bits per heavy atom. The molecule has 0 spiro atoms. The molecule has 0 aromatic heterocycles. The molecular formula is C9H8ClO3-. The molecule has 70 valence electrons. The summed E-state index contributed by atoms with van der Waals surface area (Å²) in [6.07, 6.45) is 0. The first-order chi connectivity index (χ1) is 6.09. The Labute approximate surface area is 80.9 Å². The number of carbonyl (C=O) groups excluding carboxylic acids is 1. The van der Waals surface area contributed by atoms with Gasteiger partial charge in [0.15, 0.2) is 0 Å². The van der Waals surface area contributed by atoms with E-state index in [0.29, 0.717) is 10.8 Å². The first-order valence-electron chi connectivity index (χ1n) is 3.68. The van der Waals surface area contributed by atoms with E-state index in [1.54, 1.807) is 18.2 Å². The topological polar surface area (TPSA) is 49.4 Å². The zero-order chi connectivity index (χ0) is 9.84. The third-order valence-electron chi connectivity index (χ3n) is 1.49. The van der Waals surface area contributed by atoms with Gasteiger partial charge in [0.1, 0.15) is 12.4 Å². The lowest BCUT2D eigenvalue weighted by atomic mass is 10.2. The molecule has 0 saturated carbocycles. The summed E-state index contributed by atoms with van der Waals surface area (Å²) >= 11 is 5.76. The van der Waals surface area contributed by atoms with Crippen LogP contribution in [0.5, 0.6) is 5.75 Å². The maximum atomic E-state index is 10.1. The average Bonchev–Trinajstić information content (AvgIpc) is 2.07. The van der Waals surface area contributed by atoms with Crippen LogP contribution in [0.15, 0.2) is 18.2 Å². The smallest absolute Gasteiger partial charge is 0.128 e. The van der Waals surface area contributed by atoms with Gasteiger partial charge in [-0.05, 0) is 30.7 Å². The Kier molecular flexibility index (Phi) is 3.14. The van der Waals surface area contributed by atoms with Crippen LogP contribution in [0.2, 0.25) is 5.02 Å². The Morgan fingerprint density at radius 3 is 2.85 bits per heavy atom. The van der Waals surface area contributed by atoms with Gasteiger partial charge in [0.2, 0.25) is 0 Å². The summed E-state index contributed by atoms with van der Waals surface area (Å²) in [7, 11) is 0. The number of hydrogen-bond acceptors (Lipinski definition) is 3. The minimum atomic E-state index is -1.24. The van der Waals surface area contributed by atoms with Crippen LogP contribution in [0.3, 0.4) is 0 Å². The van der Waals surface area contributed by atoms with Crippen LogP contribution in [0.4, 0.5) is 0 Å². The van der Waals surface area contributed by atoms with Crippen molar-refractivity contribution in [2.45, 2.75) is 6.92 Å². The molecule has 4 heteroatoms. The fraction of sp³-hybridized carbons (Fsp3) is 0.222. The van der Waals surface area contributed by atoms with Gasteiger partial charge in [0.25, 0.3) is 0 Å². The molecule has 0 saturated heterocycles. The molecule has 0 aliphatic heterocycles. The minimum Gasteiger partial charge on any atom is -0.546 e. The number of aliphatic carboxylic acids is 1. The quantitative estimate of drug-likeness (QED) is 0.723. The molecule has 13 heavy (non-hydrogen) atoms. The Bertz CT molecular complexity index is 323. The van der Waals surface area contributed by atoms with Gasteiger partial charge in [-0.1, -0.05) is 11.6 Å². The van der Waals surface area contributed by atoms with E-state index in [4.69, 9.17) is 16.3 Å². The molecular weight excluding hydrogens is 192 g/mol. The standard InChI is InChI=1S/C9H9ClO3/c1-6-4-7(2-3-8(6)10)13-5-9(11)12/h2-4H,5H2,1H3,(H,11,12)/p-1. The van der Waals surface area contributed by atoms with E-state index in [9.17, 15) is 9.90 Å². The molecule has 0 unspecified atom stereocenters. The van der Waals surface area contributed by atoms with Crippen molar-refractivity contribution in [2.75, 3.05) is 6.61 Å². The Balaban J connectivity index is 2.68. The number of halogens is 1. The van der Waals surface area contributed by atoms with Crippen LogP contribution >= 0.6 is 11.6 Å². The predicted molar refractivity (Wildman–Crippen MR) is 46.7 cm³/mol. The molecule has 0 fully saturated rings. The third-order valence-corrected chi connectivity index (χ3v) is 1.91. The number of rotatable bonds is 3. The van der Waals surface area contributed by atoms with Crippen LogP contribution in [0.25, 0.3) is 0 Å². The SMILES string of the molecule is Cc1cc(OCC(=O)[O-])ccc1Cl. The van der Waals surface area contributed by atoms with Crippen LogP contribution in [0, 0.1) is 6.92 Å². The van der Waals surface area contributed by atoms with Crippen molar-refractivity contribution < 1.29 is 14.6 Å². The van der Waals surface area contributed by atoms with Crippen LogP contribution in [0.1, 0.15) is 5.56 Å². The second kappa shape index (κ2) is 4.14. The zero-order valence-corrected chi connectivity index (χ0v) is 7.80. The van der Waals surface area contributed by atoms with E-state index in [-0.39, 0.29) is 0 Å². The number of benzene rings is 1. The van der Waals surface area contributed by atoms with Gasteiger partial charge in [-0.15, -0.1) is 0 Å². The van der Waals surface area contributed by atoms with Crippen molar-refractivity contribution in [1.82, 2.24) is 0 Å². The number of carbonyl (C=O) groups is 1. The summed E-state index contributed by atoms with van der Waals surface area (Å²) in [4.78, 5) is 10.1. The van der Waals surface area contributed by atoms with E-state index in [2.05, 4.69) is 0 Å². The molecule has 0 radical (unpaired) electrons. The van der Waals surface area contributed by atoms with Crippen molar-refractivity contribution in [3.05, 3.63) is 28.8 Å². The number of carboxylic acids is 1. The monoisotopic (exact) mass is 199 g/mol. The second-order valence-corrected chi connectivity index (χ2v) is 2.98. The van der Waals surface area contributed by atoms with Gasteiger partial charge in [-0.25, -0.2) is 0 Å². The van der Waals surface area contributed by atoms with Crippen molar-refractivity contribution in [1.29, 1.82) is 0 Å². The maximum absolute atomic E-state index is 10.1. The molecule has 0 aliphatic carbocycles. The lowest BCUT2D eigenvalue weighted by Crippen LogP contribution is -2.28. The fourth-order valence-corrected chi connectivity index (χ4v) is 0.967. The summed E-state index contributed by atoms with van der Waals surface area (Å²) in [6, 6.07) is 4.94. The first kappa shape index (κ1) is 9.86. The van der Waals surface area contributed by atoms with Crippen LogP contribution in [-0.2, 0) is 4.79 Å². The highest BCUT2D eigenvalue weighted by Gasteiger charge is 1.97. The largest absolute Gasteiger partial charge is 0.546 e. The normalized spacial score (nSPS) is 9.69. The highest BCUT2D eigenvalue weighted by Crippen LogP contribution is 2.20. The molecule has 3 nitrogen and oxygen atoms in total. The van der Waals surface area contributed by atoms with Crippen LogP contribution in [-0.4, -0.2) is 12.6 Å². The van der Waals surface area contributed by atoms with Crippen molar-refractivity contribution in [3.63, 3.8) is 0 Å². The number of ether oxygens (including phenoxy) is 1. The van der Waals surface area contributed by atoms with Crippen molar-refractivity contribution in [2.24, 2.45) is 0 Å². The second-order valence-electron chi connectivity index (χ2n) is 2.57. The highest BCUT2D eigenvalue weighted by atomic mass is 35.5. The molecule has 1 aromatic rings. The van der Waals surface area contributed by atoms with E-state index >= 15 is 0 Å². The van der Waals surface area contributed by atoms with Gasteiger partial charge in [0.05, 0.1) is 5.97 Å².